The number of rotatable bonds is 8. The summed E-state index contributed by atoms with van der Waals surface area (Å²) in [4.78, 5) is 0.385. The standard InChI is InChI=1S/C19H30O4S/c1-4-10-16(15-24(20,21)17-11-6-5-7-12-17)19(2,3)23-18-13-8-9-14-22-18/h5-7,11-12,16,18H,4,8-10,13-15H2,1-3H3/t16-,18?/m0/s1. The largest absolute Gasteiger partial charge is 0.353 e. The average Bonchev–Trinajstić information content (AvgIpc) is 2.56. The molecule has 0 radical (unpaired) electrons. The lowest BCUT2D eigenvalue weighted by molar-refractivity contribution is -0.227. The third-order valence-electron chi connectivity index (χ3n) is 4.72. The van der Waals surface area contributed by atoms with E-state index in [1.54, 1.807) is 24.3 Å². The number of hydrogen-bond acceptors (Lipinski definition) is 4. The fraction of sp³-hybridized carbons (Fsp3) is 0.684. The molecule has 2 atom stereocenters. The summed E-state index contributed by atoms with van der Waals surface area (Å²) in [6.07, 6.45) is 4.57. The second kappa shape index (κ2) is 8.45. The van der Waals surface area contributed by atoms with Crippen LogP contribution in [0, 0.1) is 5.92 Å². The summed E-state index contributed by atoms with van der Waals surface area (Å²) in [6, 6.07) is 8.68. The molecule has 1 aliphatic heterocycles. The van der Waals surface area contributed by atoms with Gasteiger partial charge in [0.05, 0.1) is 16.2 Å². The Kier molecular flexibility index (Phi) is 6.84. The third kappa shape index (κ3) is 5.30. The second-order valence-electron chi connectivity index (χ2n) is 7.10. The lowest BCUT2D eigenvalue weighted by Gasteiger charge is -2.38. The maximum atomic E-state index is 12.8. The van der Waals surface area contributed by atoms with Crippen LogP contribution in [0.25, 0.3) is 0 Å². The number of sulfone groups is 1. The minimum atomic E-state index is -3.33. The first-order chi connectivity index (χ1) is 11.3. The van der Waals surface area contributed by atoms with Gasteiger partial charge in [-0.15, -0.1) is 0 Å². The Morgan fingerprint density at radius 1 is 1.25 bits per heavy atom. The summed E-state index contributed by atoms with van der Waals surface area (Å²) >= 11 is 0. The smallest absolute Gasteiger partial charge is 0.178 e. The van der Waals surface area contributed by atoms with Gasteiger partial charge in [0.25, 0.3) is 0 Å². The van der Waals surface area contributed by atoms with Crippen molar-refractivity contribution in [2.75, 3.05) is 12.4 Å². The molecule has 1 aromatic carbocycles. The monoisotopic (exact) mass is 354 g/mol. The number of benzene rings is 1. The summed E-state index contributed by atoms with van der Waals surface area (Å²) < 4.78 is 37.4. The van der Waals surface area contributed by atoms with Crippen molar-refractivity contribution >= 4 is 9.84 Å². The third-order valence-corrected chi connectivity index (χ3v) is 6.55. The van der Waals surface area contributed by atoms with Gasteiger partial charge in [-0.2, -0.15) is 0 Å². The van der Waals surface area contributed by atoms with E-state index >= 15 is 0 Å². The first kappa shape index (κ1) is 19.4. The molecule has 1 unspecified atom stereocenters. The molecule has 0 saturated carbocycles. The van der Waals surface area contributed by atoms with Crippen molar-refractivity contribution in [3.05, 3.63) is 30.3 Å². The molecule has 0 aliphatic carbocycles. The van der Waals surface area contributed by atoms with E-state index in [2.05, 4.69) is 6.92 Å². The normalized spacial score (nSPS) is 20.7. The molecule has 0 amide bonds. The zero-order chi connectivity index (χ0) is 17.6. The van der Waals surface area contributed by atoms with E-state index in [4.69, 9.17) is 9.47 Å². The average molecular weight is 355 g/mol. The Morgan fingerprint density at radius 3 is 2.54 bits per heavy atom. The second-order valence-corrected chi connectivity index (χ2v) is 9.13. The molecule has 0 bridgehead atoms. The minimum absolute atomic E-state index is 0.0711. The lowest BCUT2D eigenvalue weighted by atomic mass is 9.88. The summed E-state index contributed by atoms with van der Waals surface area (Å²) in [5, 5.41) is 0. The van der Waals surface area contributed by atoms with E-state index in [-0.39, 0.29) is 18.0 Å². The minimum Gasteiger partial charge on any atom is -0.353 e. The maximum Gasteiger partial charge on any atom is 0.178 e. The van der Waals surface area contributed by atoms with Gasteiger partial charge in [-0.3, -0.25) is 0 Å². The van der Waals surface area contributed by atoms with Crippen LogP contribution < -0.4 is 0 Å². The van der Waals surface area contributed by atoms with E-state index < -0.39 is 15.4 Å². The van der Waals surface area contributed by atoms with E-state index in [0.717, 1.165) is 38.7 Å². The van der Waals surface area contributed by atoms with Gasteiger partial charge in [0.15, 0.2) is 16.1 Å². The Morgan fingerprint density at radius 2 is 1.96 bits per heavy atom. The molecular formula is C19H30O4S. The summed E-state index contributed by atoms with van der Waals surface area (Å²) in [5.41, 5.74) is -0.542. The van der Waals surface area contributed by atoms with Crippen LogP contribution in [0.2, 0.25) is 0 Å². The van der Waals surface area contributed by atoms with Crippen molar-refractivity contribution in [1.82, 2.24) is 0 Å². The molecule has 136 valence electrons. The number of hydrogen-bond donors (Lipinski definition) is 0. The molecule has 0 aromatic heterocycles. The maximum absolute atomic E-state index is 12.8. The van der Waals surface area contributed by atoms with Gasteiger partial charge in [0.1, 0.15) is 0 Å². The summed E-state index contributed by atoms with van der Waals surface area (Å²) in [7, 11) is -3.33. The predicted octanol–water partition coefficient (Wildman–Crippen LogP) is 4.20. The molecule has 2 rings (SSSR count). The van der Waals surface area contributed by atoms with Crippen molar-refractivity contribution in [2.24, 2.45) is 5.92 Å². The molecule has 0 N–H and O–H groups in total. The van der Waals surface area contributed by atoms with Gasteiger partial charge < -0.3 is 9.47 Å². The Balaban J connectivity index is 2.12. The predicted molar refractivity (Wildman–Crippen MR) is 95.6 cm³/mol. The van der Waals surface area contributed by atoms with E-state index in [0.29, 0.717) is 4.90 Å². The fourth-order valence-corrected chi connectivity index (χ4v) is 5.07. The molecule has 1 aliphatic rings. The molecule has 5 heteroatoms. The first-order valence-electron chi connectivity index (χ1n) is 8.92. The highest BCUT2D eigenvalue weighted by Gasteiger charge is 2.36. The van der Waals surface area contributed by atoms with E-state index in [9.17, 15) is 8.42 Å². The van der Waals surface area contributed by atoms with Crippen molar-refractivity contribution in [2.45, 2.75) is 69.7 Å². The van der Waals surface area contributed by atoms with Crippen LogP contribution >= 0.6 is 0 Å². The zero-order valence-corrected chi connectivity index (χ0v) is 15.8. The highest BCUT2D eigenvalue weighted by atomic mass is 32.2. The van der Waals surface area contributed by atoms with Crippen molar-refractivity contribution in [3.8, 4) is 0 Å². The van der Waals surface area contributed by atoms with Gasteiger partial charge in [-0.25, -0.2) is 8.42 Å². The molecule has 1 fully saturated rings. The van der Waals surface area contributed by atoms with E-state index in [1.807, 2.05) is 19.9 Å². The van der Waals surface area contributed by atoms with E-state index in [1.165, 1.54) is 0 Å². The Bertz CT molecular complexity index is 589. The Labute approximate surface area is 146 Å². The van der Waals surface area contributed by atoms with Crippen LogP contribution in [-0.4, -0.2) is 32.7 Å². The number of ether oxygens (including phenoxy) is 2. The molecule has 4 nitrogen and oxygen atoms in total. The van der Waals surface area contributed by atoms with Gasteiger partial charge in [-0.1, -0.05) is 31.5 Å². The quantitative estimate of drug-likeness (QED) is 0.702. The lowest BCUT2D eigenvalue weighted by Crippen LogP contribution is -2.43. The first-order valence-corrected chi connectivity index (χ1v) is 10.6. The summed E-state index contributed by atoms with van der Waals surface area (Å²) in [6.45, 7) is 6.79. The van der Waals surface area contributed by atoms with Crippen LogP contribution in [0.15, 0.2) is 35.2 Å². The molecule has 1 aromatic rings. The highest BCUT2D eigenvalue weighted by Crippen LogP contribution is 2.32. The SMILES string of the molecule is CCC[C@@H](CS(=O)(=O)c1ccccc1)C(C)(C)OC1CCCCO1. The van der Waals surface area contributed by atoms with Crippen LogP contribution in [0.4, 0.5) is 0 Å². The van der Waals surface area contributed by atoms with Crippen molar-refractivity contribution in [3.63, 3.8) is 0 Å². The molecule has 1 heterocycles. The van der Waals surface area contributed by atoms with Crippen LogP contribution in [0.3, 0.4) is 0 Å². The molecule has 0 spiro atoms. The Hall–Kier alpha value is -0.910. The topological polar surface area (TPSA) is 52.6 Å². The van der Waals surface area contributed by atoms with Gasteiger partial charge in [-0.05, 0) is 51.7 Å². The van der Waals surface area contributed by atoms with Crippen LogP contribution in [-0.2, 0) is 19.3 Å². The van der Waals surface area contributed by atoms with Crippen LogP contribution in [0.5, 0.6) is 0 Å². The van der Waals surface area contributed by atoms with Gasteiger partial charge in [0, 0.05) is 12.5 Å². The zero-order valence-electron chi connectivity index (χ0n) is 15.0. The summed E-state index contributed by atoms with van der Waals surface area (Å²) in [5.74, 6) is 0.0307. The van der Waals surface area contributed by atoms with Crippen LogP contribution in [0.1, 0.15) is 52.9 Å². The molecule has 24 heavy (non-hydrogen) atoms. The molecule has 1 saturated heterocycles. The van der Waals surface area contributed by atoms with Gasteiger partial charge >= 0.3 is 0 Å². The van der Waals surface area contributed by atoms with Crippen molar-refractivity contribution < 1.29 is 17.9 Å². The molecular weight excluding hydrogens is 324 g/mol. The highest BCUT2D eigenvalue weighted by molar-refractivity contribution is 7.91. The van der Waals surface area contributed by atoms with Gasteiger partial charge in [0.2, 0.25) is 0 Å². The fourth-order valence-electron chi connectivity index (χ4n) is 3.21. The van der Waals surface area contributed by atoms with Crippen molar-refractivity contribution in [1.29, 1.82) is 0 Å².